The number of rotatable bonds is 4. The van der Waals surface area contributed by atoms with Crippen molar-refractivity contribution < 1.29 is 23.0 Å². The van der Waals surface area contributed by atoms with E-state index in [1.165, 1.54) is 12.1 Å². The molecule has 0 spiro atoms. The van der Waals surface area contributed by atoms with Gasteiger partial charge in [0.2, 0.25) is 6.29 Å². The van der Waals surface area contributed by atoms with Gasteiger partial charge in [-0.2, -0.15) is 0 Å². The fourth-order valence-corrected chi connectivity index (χ4v) is 3.82. The molecule has 0 radical (unpaired) electrons. The predicted molar refractivity (Wildman–Crippen MR) is 98.6 cm³/mol. The molecule has 1 fully saturated rings. The maximum Gasteiger partial charge on any atom is 0.340 e. The highest BCUT2D eigenvalue weighted by atomic mass is 19.2. The van der Waals surface area contributed by atoms with E-state index in [1.54, 1.807) is 12.1 Å². The lowest BCUT2D eigenvalue weighted by Crippen LogP contribution is -2.38. The van der Waals surface area contributed by atoms with Crippen LogP contribution in [0.4, 0.5) is 8.78 Å². The number of benzene rings is 2. The molecular weight excluding hydrogens is 350 g/mol. The summed E-state index contributed by atoms with van der Waals surface area (Å²) < 4.78 is 38.6. The number of hydrogen-bond donors (Lipinski definition) is 0. The van der Waals surface area contributed by atoms with Crippen LogP contribution in [0, 0.1) is 31.4 Å². The van der Waals surface area contributed by atoms with E-state index in [0.717, 1.165) is 30.0 Å². The Kier molecular flexibility index (Phi) is 5.90. The van der Waals surface area contributed by atoms with Gasteiger partial charge in [-0.15, -0.1) is 0 Å². The number of carbonyl (C=O) groups excluding carboxylic acids is 1. The van der Waals surface area contributed by atoms with Crippen molar-refractivity contribution >= 4 is 5.97 Å². The first-order valence-electron chi connectivity index (χ1n) is 9.25. The zero-order chi connectivity index (χ0) is 19.6. The third-order valence-corrected chi connectivity index (χ3v) is 5.11. The molecule has 1 aliphatic heterocycles. The molecule has 0 amide bonds. The Morgan fingerprint density at radius 1 is 1.11 bits per heavy atom. The van der Waals surface area contributed by atoms with Crippen molar-refractivity contribution in [2.75, 3.05) is 6.61 Å². The van der Waals surface area contributed by atoms with Crippen molar-refractivity contribution in [2.24, 2.45) is 5.92 Å². The van der Waals surface area contributed by atoms with Crippen LogP contribution in [0.1, 0.15) is 52.7 Å². The number of halogens is 2. The zero-order valence-corrected chi connectivity index (χ0v) is 15.8. The topological polar surface area (TPSA) is 35.5 Å². The highest BCUT2D eigenvalue weighted by Gasteiger charge is 2.37. The molecule has 1 aliphatic rings. The van der Waals surface area contributed by atoms with Gasteiger partial charge in [-0.25, -0.2) is 13.6 Å². The highest BCUT2D eigenvalue weighted by Crippen LogP contribution is 2.39. The number of aryl methyl sites for hydroxylation is 2. The van der Waals surface area contributed by atoms with Gasteiger partial charge in [0.05, 0.1) is 12.2 Å². The Morgan fingerprint density at radius 2 is 1.81 bits per heavy atom. The summed E-state index contributed by atoms with van der Waals surface area (Å²) in [6.45, 7) is 6.32. The van der Waals surface area contributed by atoms with E-state index in [-0.39, 0.29) is 11.8 Å². The van der Waals surface area contributed by atoms with Crippen LogP contribution in [0.2, 0.25) is 0 Å². The van der Waals surface area contributed by atoms with Gasteiger partial charge in [0.25, 0.3) is 0 Å². The van der Waals surface area contributed by atoms with Crippen LogP contribution in [0.5, 0.6) is 0 Å². The van der Waals surface area contributed by atoms with E-state index in [4.69, 9.17) is 9.47 Å². The van der Waals surface area contributed by atoms with E-state index in [2.05, 4.69) is 0 Å². The molecule has 0 aliphatic carbocycles. The normalized spacial score (nSPS) is 22.5. The molecule has 2 aromatic rings. The van der Waals surface area contributed by atoms with Crippen molar-refractivity contribution in [1.29, 1.82) is 0 Å². The molecule has 3 unspecified atom stereocenters. The number of ether oxygens (including phenoxy) is 2. The first-order valence-corrected chi connectivity index (χ1v) is 9.25. The summed E-state index contributed by atoms with van der Waals surface area (Å²) in [5.74, 6) is -2.47. The highest BCUT2D eigenvalue weighted by molar-refractivity contribution is 5.90. The van der Waals surface area contributed by atoms with Gasteiger partial charge in [-0.05, 0) is 56.0 Å². The molecule has 2 aromatic carbocycles. The van der Waals surface area contributed by atoms with E-state index in [0.29, 0.717) is 17.7 Å². The van der Waals surface area contributed by atoms with Crippen LogP contribution in [0.25, 0.3) is 0 Å². The van der Waals surface area contributed by atoms with Crippen molar-refractivity contribution in [3.63, 3.8) is 0 Å². The Labute approximate surface area is 158 Å². The predicted octanol–water partition coefficient (Wildman–Crippen LogP) is 5.29. The summed E-state index contributed by atoms with van der Waals surface area (Å²) in [5.41, 5.74) is 2.97. The van der Waals surface area contributed by atoms with Gasteiger partial charge in [0, 0.05) is 5.92 Å². The second-order valence-electron chi connectivity index (χ2n) is 7.18. The van der Waals surface area contributed by atoms with Crippen molar-refractivity contribution in [2.45, 2.75) is 45.8 Å². The molecule has 144 valence electrons. The third-order valence-electron chi connectivity index (χ3n) is 5.11. The number of esters is 1. The first-order chi connectivity index (χ1) is 12.9. The minimum absolute atomic E-state index is 0.153. The molecule has 5 heteroatoms. The number of carbonyl (C=O) groups is 1. The van der Waals surface area contributed by atoms with Gasteiger partial charge < -0.3 is 9.47 Å². The molecule has 0 bridgehead atoms. The summed E-state index contributed by atoms with van der Waals surface area (Å²) in [7, 11) is 0. The quantitative estimate of drug-likeness (QED) is 0.682. The lowest BCUT2D eigenvalue weighted by atomic mass is 9.80. The molecule has 3 rings (SSSR count). The maximum atomic E-state index is 13.8. The van der Waals surface area contributed by atoms with Gasteiger partial charge in [-0.3, -0.25) is 0 Å². The average Bonchev–Trinajstić information content (AvgIpc) is 2.63. The van der Waals surface area contributed by atoms with Crippen LogP contribution in [0.3, 0.4) is 0 Å². The molecule has 0 saturated carbocycles. The Balaban J connectivity index is 1.88. The smallest absolute Gasteiger partial charge is 0.340 e. The molecule has 27 heavy (non-hydrogen) atoms. The SMILES string of the molecule is CCC1CCOC(OC(=O)c2cc(C)cc(C)c2)C1c1ccc(F)c(F)c1. The average molecular weight is 374 g/mol. The minimum Gasteiger partial charge on any atom is -0.431 e. The van der Waals surface area contributed by atoms with Gasteiger partial charge in [-0.1, -0.05) is 36.6 Å². The summed E-state index contributed by atoms with van der Waals surface area (Å²) >= 11 is 0. The summed E-state index contributed by atoms with van der Waals surface area (Å²) in [5, 5.41) is 0. The standard InChI is InChI=1S/C22H24F2O3/c1-4-15-7-8-26-22(20(15)16-5-6-18(23)19(24)12-16)27-21(25)17-10-13(2)9-14(3)11-17/h5-6,9-12,15,20,22H,4,7-8H2,1-3H3. The fraction of sp³-hybridized carbons (Fsp3) is 0.409. The van der Waals surface area contributed by atoms with Gasteiger partial charge in [0.1, 0.15) is 0 Å². The Hall–Kier alpha value is -2.27. The second-order valence-corrected chi connectivity index (χ2v) is 7.18. The van der Waals surface area contributed by atoms with Gasteiger partial charge in [0.15, 0.2) is 11.6 Å². The Morgan fingerprint density at radius 3 is 2.44 bits per heavy atom. The fourth-order valence-electron chi connectivity index (χ4n) is 3.82. The van der Waals surface area contributed by atoms with E-state index >= 15 is 0 Å². The lowest BCUT2D eigenvalue weighted by Gasteiger charge is -2.37. The van der Waals surface area contributed by atoms with E-state index < -0.39 is 23.9 Å². The first kappa shape index (κ1) is 19.5. The van der Waals surface area contributed by atoms with Crippen molar-refractivity contribution in [3.05, 3.63) is 70.3 Å². The Bertz CT molecular complexity index is 814. The molecule has 1 saturated heterocycles. The van der Waals surface area contributed by atoms with E-state index in [1.807, 2.05) is 26.8 Å². The van der Waals surface area contributed by atoms with Crippen molar-refractivity contribution in [1.82, 2.24) is 0 Å². The minimum atomic E-state index is -0.910. The lowest BCUT2D eigenvalue weighted by molar-refractivity contribution is -0.158. The van der Waals surface area contributed by atoms with Crippen LogP contribution in [-0.2, 0) is 9.47 Å². The molecule has 1 heterocycles. The van der Waals surface area contributed by atoms with Crippen LogP contribution in [-0.4, -0.2) is 18.9 Å². The maximum absolute atomic E-state index is 13.8. The van der Waals surface area contributed by atoms with Gasteiger partial charge >= 0.3 is 5.97 Å². The largest absolute Gasteiger partial charge is 0.431 e. The summed E-state index contributed by atoms with van der Waals surface area (Å²) in [6, 6.07) is 9.33. The van der Waals surface area contributed by atoms with Crippen molar-refractivity contribution in [3.8, 4) is 0 Å². The zero-order valence-electron chi connectivity index (χ0n) is 15.8. The monoisotopic (exact) mass is 374 g/mol. The molecule has 0 N–H and O–H groups in total. The number of hydrogen-bond acceptors (Lipinski definition) is 3. The van der Waals surface area contributed by atoms with Crippen LogP contribution < -0.4 is 0 Å². The second kappa shape index (κ2) is 8.17. The summed E-state index contributed by atoms with van der Waals surface area (Å²) in [6.07, 6.45) is 0.768. The molecule has 0 aromatic heterocycles. The molecule has 3 nitrogen and oxygen atoms in total. The van der Waals surface area contributed by atoms with Crippen LogP contribution >= 0.6 is 0 Å². The molecular formula is C22H24F2O3. The molecule has 3 atom stereocenters. The summed E-state index contributed by atoms with van der Waals surface area (Å²) in [4.78, 5) is 12.7. The third kappa shape index (κ3) is 4.35. The van der Waals surface area contributed by atoms with E-state index in [9.17, 15) is 13.6 Å². The van der Waals surface area contributed by atoms with Crippen LogP contribution in [0.15, 0.2) is 36.4 Å².